The molecule has 4 rings (SSSR count). The van der Waals surface area contributed by atoms with Crippen LogP contribution < -0.4 is 4.18 Å². The van der Waals surface area contributed by atoms with Crippen LogP contribution in [-0.4, -0.2) is 41.3 Å². The summed E-state index contributed by atoms with van der Waals surface area (Å²) in [5.74, 6) is -13.8. The minimum atomic E-state index is -5.44. The number of thiazole rings is 1. The van der Waals surface area contributed by atoms with Crippen molar-refractivity contribution in [1.29, 1.82) is 0 Å². The molecule has 1 atom stereocenters. The molecule has 2 aromatic carbocycles. The molecule has 1 N–H and O–H groups in total. The molecule has 7 nitrogen and oxygen atoms in total. The molecule has 32 heavy (non-hydrogen) atoms. The summed E-state index contributed by atoms with van der Waals surface area (Å²) in [6, 6.07) is 2.58. The van der Waals surface area contributed by atoms with E-state index >= 15 is 0 Å². The molecule has 168 valence electrons. The molecule has 1 aliphatic heterocycles. The van der Waals surface area contributed by atoms with Crippen molar-refractivity contribution < 1.29 is 44.5 Å². The van der Waals surface area contributed by atoms with Gasteiger partial charge >= 0.3 is 16.1 Å². The average Bonchev–Trinajstić information content (AvgIpc) is 3.37. The van der Waals surface area contributed by atoms with E-state index in [1.54, 1.807) is 0 Å². The molecule has 3 aromatic rings. The molecule has 1 aromatic heterocycles. The lowest BCUT2D eigenvalue weighted by Crippen LogP contribution is -2.17. The largest absolute Gasteiger partial charge is 0.480 e. The molecule has 0 amide bonds. The third-order valence-corrected chi connectivity index (χ3v) is 7.58. The maximum atomic E-state index is 13.9. The number of carboxylic acids is 1. The highest BCUT2D eigenvalue weighted by atomic mass is 32.2. The molecule has 0 saturated heterocycles. The lowest BCUT2D eigenvalue weighted by molar-refractivity contribution is -0.137. The number of aliphatic imine (C=N–C) groups is 1. The van der Waals surface area contributed by atoms with Crippen LogP contribution in [0, 0.1) is 29.1 Å². The SMILES string of the molecule is O=C(O)[C@H]1CSC(c2nc3ccc(OS(=O)(=O)c4c(F)c(F)c(F)c(F)c4F)cc3s2)=N1. The minimum absolute atomic E-state index is 0.217. The van der Waals surface area contributed by atoms with E-state index in [1.807, 2.05) is 0 Å². The van der Waals surface area contributed by atoms with Crippen molar-refractivity contribution in [2.24, 2.45) is 4.99 Å². The number of nitrogens with zero attached hydrogens (tertiary/aromatic N) is 2. The molecule has 0 saturated carbocycles. The minimum Gasteiger partial charge on any atom is -0.480 e. The fraction of sp³-hybridized carbons (Fsp3) is 0.118. The van der Waals surface area contributed by atoms with E-state index in [4.69, 9.17) is 5.11 Å². The first kappa shape index (κ1) is 22.4. The molecule has 2 heterocycles. The maximum Gasteiger partial charge on any atom is 0.345 e. The molecule has 0 spiro atoms. The van der Waals surface area contributed by atoms with E-state index in [1.165, 1.54) is 17.8 Å². The normalized spacial score (nSPS) is 16.4. The van der Waals surface area contributed by atoms with Gasteiger partial charge in [0.2, 0.25) is 5.82 Å². The average molecular weight is 510 g/mol. The predicted molar refractivity (Wildman–Crippen MR) is 104 cm³/mol. The highest BCUT2D eigenvalue weighted by molar-refractivity contribution is 8.15. The Morgan fingerprint density at radius 2 is 1.69 bits per heavy atom. The summed E-state index contributed by atoms with van der Waals surface area (Å²) in [4.78, 5) is 17.2. The van der Waals surface area contributed by atoms with Crippen molar-refractivity contribution in [2.75, 3.05) is 5.75 Å². The lowest BCUT2D eigenvalue weighted by atomic mass is 10.3. The summed E-state index contributed by atoms with van der Waals surface area (Å²) in [6.45, 7) is 0. The van der Waals surface area contributed by atoms with Gasteiger partial charge in [0.15, 0.2) is 34.2 Å². The van der Waals surface area contributed by atoms with E-state index in [-0.39, 0.29) is 5.75 Å². The third kappa shape index (κ3) is 3.80. The van der Waals surface area contributed by atoms with Gasteiger partial charge in [-0.1, -0.05) is 0 Å². The summed E-state index contributed by atoms with van der Waals surface area (Å²) >= 11 is 2.18. The number of fused-ring (bicyclic) bond motifs is 1. The fourth-order valence-corrected chi connectivity index (χ4v) is 5.79. The Labute approximate surface area is 183 Å². The zero-order valence-corrected chi connectivity index (χ0v) is 17.6. The van der Waals surface area contributed by atoms with Crippen molar-refractivity contribution in [3.63, 3.8) is 0 Å². The Balaban J connectivity index is 1.69. The van der Waals surface area contributed by atoms with Crippen molar-refractivity contribution in [3.8, 4) is 5.75 Å². The van der Waals surface area contributed by atoms with Gasteiger partial charge in [-0.25, -0.2) is 31.7 Å². The Morgan fingerprint density at radius 1 is 1.06 bits per heavy atom. The number of halogens is 5. The molecule has 0 aliphatic carbocycles. The van der Waals surface area contributed by atoms with Crippen LogP contribution in [0.4, 0.5) is 22.0 Å². The van der Waals surface area contributed by atoms with E-state index < -0.39 is 61.9 Å². The summed E-state index contributed by atoms with van der Waals surface area (Å²) < 4.78 is 97.1. The molecule has 1 aliphatic rings. The molecule has 0 bridgehead atoms. The number of thioether (sulfide) groups is 1. The first-order valence-electron chi connectivity index (χ1n) is 8.30. The van der Waals surface area contributed by atoms with Gasteiger partial charge < -0.3 is 9.29 Å². The Morgan fingerprint density at radius 3 is 2.28 bits per heavy atom. The van der Waals surface area contributed by atoms with Crippen molar-refractivity contribution in [2.45, 2.75) is 10.9 Å². The van der Waals surface area contributed by atoms with Crippen LogP contribution in [0.15, 0.2) is 28.1 Å². The molecular formula is C17H7F5N2O5S3. The maximum absolute atomic E-state index is 13.9. The van der Waals surface area contributed by atoms with Crippen LogP contribution in [0.3, 0.4) is 0 Å². The van der Waals surface area contributed by atoms with Crippen LogP contribution in [0.1, 0.15) is 5.01 Å². The molecule has 0 radical (unpaired) electrons. The Kier molecular flexibility index (Phi) is 5.58. The topological polar surface area (TPSA) is 106 Å². The van der Waals surface area contributed by atoms with Gasteiger partial charge in [0, 0.05) is 11.8 Å². The summed E-state index contributed by atoms with van der Waals surface area (Å²) in [5.41, 5.74) is 0.355. The first-order chi connectivity index (χ1) is 15.0. The van der Waals surface area contributed by atoms with Gasteiger partial charge in [-0.05, 0) is 12.1 Å². The van der Waals surface area contributed by atoms with E-state index in [0.717, 1.165) is 23.5 Å². The fourth-order valence-electron chi connectivity index (χ4n) is 2.64. The second kappa shape index (κ2) is 7.97. The smallest absolute Gasteiger partial charge is 0.345 e. The monoisotopic (exact) mass is 510 g/mol. The van der Waals surface area contributed by atoms with Crippen LogP contribution in [-0.2, 0) is 14.9 Å². The molecule has 0 fully saturated rings. The highest BCUT2D eigenvalue weighted by Gasteiger charge is 2.35. The zero-order valence-electron chi connectivity index (χ0n) is 15.1. The standard InChI is InChI=1S/C17H7F5N2O5S3/c18-9-10(19)12(21)14(13(22)11(9)20)32(27,28)29-5-1-2-6-8(3-5)31-16(23-6)15-24-7(4-30-15)17(25)26/h1-3,7H,4H2,(H,25,26)/t7-/m1/s1. The van der Waals surface area contributed by atoms with Crippen LogP contribution in [0.2, 0.25) is 0 Å². The zero-order chi connectivity index (χ0) is 23.4. The summed E-state index contributed by atoms with van der Waals surface area (Å²) in [5, 5.41) is 9.74. The number of aliphatic carboxylic acids is 1. The van der Waals surface area contributed by atoms with Crippen LogP contribution in [0.25, 0.3) is 10.2 Å². The third-order valence-electron chi connectivity index (χ3n) is 4.10. The predicted octanol–water partition coefficient (Wildman–Crippen LogP) is 3.71. The number of hydrogen-bond donors (Lipinski definition) is 1. The van der Waals surface area contributed by atoms with Crippen LogP contribution in [0.5, 0.6) is 5.75 Å². The number of hydrogen-bond acceptors (Lipinski definition) is 8. The molecular weight excluding hydrogens is 503 g/mol. The Bertz CT molecular complexity index is 1390. The lowest BCUT2D eigenvalue weighted by Gasteiger charge is -2.10. The van der Waals surface area contributed by atoms with E-state index in [2.05, 4.69) is 14.2 Å². The van der Waals surface area contributed by atoms with Gasteiger partial charge in [-0.15, -0.1) is 23.1 Å². The van der Waals surface area contributed by atoms with Crippen molar-refractivity contribution in [1.82, 2.24) is 4.98 Å². The summed E-state index contributed by atoms with van der Waals surface area (Å²) in [6.07, 6.45) is 0. The van der Waals surface area contributed by atoms with Gasteiger partial charge in [-0.3, -0.25) is 4.99 Å². The van der Waals surface area contributed by atoms with E-state index in [9.17, 15) is 35.2 Å². The number of carbonyl (C=O) groups is 1. The van der Waals surface area contributed by atoms with Gasteiger partial charge in [0.25, 0.3) is 0 Å². The van der Waals surface area contributed by atoms with Gasteiger partial charge in [0.05, 0.1) is 10.2 Å². The molecule has 0 unspecified atom stereocenters. The van der Waals surface area contributed by atoms with Gasteiger partial charge in [0.1, 0.15) is 15.8 Å². The van der Waals surface area contributed by atoms with Crippen LogP contribution >= 0.6 is 23.1 Å². The van der Waals surface area contributed by atoms with E-state index in [0.29, 0.717) is 20.3 Å². The second-order valence-corrected chi connectivity index (χ2v) is 9.71. The Hall–Kier alpha value is -2.78. The number of benzene rings is 2. The number of aromatic nitrogens is 1. The second-order valence-electron chi connectivity index (χ2n) is 6.18. The first-order valence-corrected chi connectivity index (χ1v) is 11.5. The highest BCUT2D eigenvalue weighted by Crippen LogP contribution is 2.33. The molecule has 15 heteroatoms. The van der Waals surface area contributed by atoms with Crippen molar-refractivity contribution >= 4 is 54.4 Å². The quantitative estimate of drug-likeness (QED) is 0.241. The number of carboxylic acid groups (broad SMARTS) is 1. The van der Waals surface area contributed by atoms with Gasteiger partial charge in [-0.2, -0.15) is 8.42 Å². The summed E-state index contributed by atoms with van der Waals surface area (Å²) in [7, 11) is -5.44. The van der Waals surface area contributed by atoms with Crippen molar-refractivity contribution in [3.05, 3.63) is 52.3 Å². The number of rotatable bonds is 5.